The van der Waals surface area contributed by atoms with Crippen LogP contribution in [0.3, 0.4) is 0 Å². The average Bonchev–Trinajstić information content (AvgIpc) is 2.28. The van der Waals surface area contributed by atoms with Crippen molar-refractivity contribution in [2.75, 3.05) is 6.67 Å². The van der Waals surface area contributed by atoms with Crippen molar-refractivity contribution in [2.24, 2.45) is 11.7 Å². The van der Waals surface area contributed by atoms with Gasteiger partial charge < -0.3 is 5.73 Å². The molecular formula is C9H22I2N2O2V. The molecule has 2 amide bonds. The van der Waals surface area contributed by atoms with Gasteiger partial charge in [0.2, 0.25) is 11.8 Å². The molecule has 0 saturated carbocycles. The number of hydrogen-bond acceptors (Lipinski definition) is 3. The van der Waals surface area contributed by atoms with Gasteiger partial charge in [-0.25, -0.2) is 0 Å². The Kier molecular flexibility index (Phi) is 23.0. The molecule has 0 bridgehead atoms. The van der Waals surface area contributed by atoms with Gasteiger partial charge >= 0.3 is 49.4 Å². The number of carbonyl (C=O) groups excluding carboxylic acids is 2. The van der Waals surface area contributed by atoms with E-state index >= 15 is 0 Å². The van der Waals surface area contributed by atoms with Gasteiger partial charge in [-0.15, -0.1) is 0 Å². The molecule has 1 atom stereocenters. The molecule has 0 spiro atoms. The average molecular weight is 495 g/mol. The van der Waals surface area contributed by atoms with Crippen molar-refractivity contribution in [1.82, 2.24) is 4.90 Å². The predicted octanol–water partition coefficient (Wildman–Crippen LogP) is 2.97. The SMILES string of the molecule is C.C.C.CC1CC(=O)N(CN)C1=O.[I][V][I]. The van der Waals surface area contributed by atoms with Crippen molar-refractivity contribution in [2.45, 2.75) is 35.6 Å². The molecule has 16 heavy (non-hydrogen) atoms. The summed E-state index contributed by atoms with van der Waals surface area (Å²) in [7, 11) is 0.628. The molecular weight excluding hydrogens is 473 g/mol. The Morgan fingerprint density at radius 3 is 1.88 bits per heavy atom. The van der Waals surface area contributed by atoms with Crippen molar-refractivity contribution in [3.8, 4) is 0 Å². The summed E-state index contributed by atoms with van der Waals surface area (Å²) in [6.07, 6.45) is 0.316. The second kappa shape index (κ2) is 14.2. The maximum atomic E-state index is 11.0. The van der Waals surface area contributed by atoms with Crippen LogP contribution in [0.25, 0.3) is 0 Å². The molecule has 0 aliphatic carbocycles. The standard InChI is InChI=1S/C6H10N2O2.3CH4.2HI.V/c1-4-2-5(9)8(3-7)6(4)10;;;;;;/h4H,2-3,7H2,1H3;3*1H4;2*1H;/q;;;;;;+2/p-2. The van der Waals surface area contributed by atoms with E-state index in [0.29, 0.717) is 15.9 Å². The van der Waals surface area contributed by atoms with Gasteiger partial charge in [-0.1, -0.05) is 29.2 Å². The molecule has 0 aromatic rings. The van der Waals surface area contributed by atoms with Crippen LogP contribution in [-0.2, 0) is 19.1 Å². The summed E-state index contributed by atoms with van der Waals surface area (Å²) < 4.78 is 0. The Morgan fingerprint density at radius 1 is 1.38 bits per heavy atom. The maximum absolute atomic E-state index is 11.0. The fraction of sp³-hybridized carbons (Fsp3) is 0.778. The molecule has 1 unspecified atom stereocenters. The van der Waals surface area contributed by atoms with E-state index in [1.807, 2.05) is 0 Å². The molecule has 0 aromatic heterocycles. The topological polar surface area (TPSA) is 63.4 Å². The van der Waals surface area contributed by atoms with Gasteiger partial charge in [0.1, 0.15) is 0 Å². The molecule has 1 fully saturated rings. The number of likely N-dealkylation sites (tertiary alicyclic amines) is 1. The first-order valence-electron chi connectivity index (χ1n) is 3.55. The molecule has 2 N–H and O–H groups in total. The summed E-state index contributed by atoms with van der Waals surface area (Å²) in [5, 5.41) is 0. The molecule has 7 heteroatoms. The van der Waals surface area contributed by atoms with E-state index in [0.717, 1.165) is 4.90 Å². The summed E-state index contributed by atoms with van der Waals surface area (Å²) in [6.45, 7) is 1.75. The summed E-state index contributed by atoms with van der Waals surface area (Å²) in [4.78, 5) is 22.9. The number of hydrogen-bond donors (Lipinski definition) is 1. The molecule has 1 saturated heterocycles. The molecule has 0 radical (unpaired) electrons. The van der Waals surface area contributed by atoms with Crippen LogP contribution in [-0.4, -0.2) is 23.4 Å². The Morgan fingerprint density at radius 2 is 1.75 bits per heavy atom. The quantitative estimate of drug-likeness (QED) is 0.450. The number of nitrogens with zero attached hydrogens (tertiary/aromatic N) is 1. The van der Waals surface area contributed by atoms with Gasteiger partial charge in [0.05, 0.1) is 6.67 Å². The van der Waals surface area contributed by atoms with Crippen LogP contribution in [0.4, 0.5) is 0 Å². The minimum absolute atomic E-state index is 0. The molecule has 1 heterocycles. The number of nitrogens with two attached hydrogens (primary N) is 1. The Balaban J connectivity index is -0.000000109. The van der Waals surface area contributed by atoms with Gasteiger partial charge in [0.25, 0.3) is 0 Å². The number of carbonyl (C=O) groups is 2. The van der Waals surface area contributed by atoms with Crippen molar-refractivity contribution in [3.63, 3.8) is 0 Å². The van der Waals surface area contributed by atoms with Crippen LogP contribution >= 0.6 is 40.0 Å². The Bertz CT molecular complexity index is 206. The Hall–Kier alpha value is 1.14. The normalized spacial score (nSPS) is 17.2. The van der Waals surface area contributed by atoms with Crippen LogP contribution in [0.15, 0.2) is 0 Å². The van der Waals surface area contributed by atoms with E-state index in [1.165, 1.54) is 0 Å². The number of amides is 2. The van der Waals surface area contributed by atoms with Gasteiger partial charge in [0.15, 0.2) is 0 Å². The van der Waals surface area contributed by atoms with Crippen LogP contribution < -0.4 is 5.73 Å². The van der Waals surface area contributed by atoms with E-state index in [4.69, 9.17) is 5.73 Å². The van der Waals surface area contributed by atoms with Crippen molar-refractivity contribution in [3.05, 3.63) is 0 Å². The summed E-state index contributed by atoms with van der Waals surface area (Å²) in [6, 6.07) is 0. The monoisotopic (exact) mass is 495 g/mol. The molecule has 0 aromatic carbocycles. The molecule has 1 rings (SSSR count). The van der Waals surface area contributed by atoms with Gasteiger partial charge in [0, 0.05) is 12.3 Å². The van der Waals surface area contributed by atoms with Crippen LogP contribution in [0.1, 0.15) is 35.6 Å². The van der Waals surface area contributed by atoms with E-state index in [9.17, 15) is 9.59 Å². The van der Waals surface area contributed by atoms with Crippen LogP contribution in [0, 0.1) is 5.92 Å². The molecule has 99 valence electrons. The predicted molar refractivity (Wildman–Crippen MR) is 82.9 cm³/mol. The van der Waals surface area contributed by atoms with E-state index in [2.05, 4.69) is 40.0 Å². The van der Waals surface area contributed by atoms with Crippen molar-refractivity contribution in [1.29, 1.82) is 0 Å². The van der Waals surface area contributed by atoms with Crippen LogP contribution in [0.5, 0.6) is 0 Å². The van der Waals surface area contributed by atoms with E-state index in [-0.39, 0.29) is 46.7 Å². The van der Waals surface area contributed by atoms with Gasteiger partial charge in [-0.3, -0.25) is 14.5 Å². The minimum atomic E-state index is -0.170. The Labute approximate surface area is 128 Å². The second-order valence-electron chi connectivity index (χ2n) is 2.51. The number of rotatable bonds is 1. The zero-order chi connectivity index (χ0) is 10.4. The van der Waals surface area contributed by atoms with Crippen LogP contribution in [0.2, 0.25) is 0 Å². The van der Waals surface area contributed by atoms with Gasteiger partial charge in [-0.2, -0.15) is 0 Å². The van der Waals surface area contributed by atoms with Crippen molar-refractivity contribution < 1.29 is 19.1 Å². The first-order chi connectivity index (χ1) is 6.08. The number of imide groups is 1. The zero-order valence-electron chi connectivity index (χ0n) is 7.04. The van der Waals surface area contributed by atoms with E-state index < -0.39 is 0 Å². The second-order valence-corrected chi connectivity index (χ2v) is 14.3. The van der Waals surface area contributed by atoms with E-state index in [1.54, 1.807) is 6.92 Å². The first-order valence-corrected chi connectivity index (χ1v) is 12.6. The third kappa shape index (κ3) is 8.27. The summed E-state index contributed by atoms with van der Waals surface area (Å²) in [5.74, 6) is -0.469. The third-order valence-electron chi connectivity index (χ3n) is 1.65. The van der Waals surface area contributed by atoms with Gasteiger partial charge in [-0.05, 0) is 0 Å². The third-order valence-corrected chi connectivity index (χ3v) is 1.65. The zero-order valence-corrected chi connectivity index (χ0v) is 12.7. The number of halogens is 2. The van der Waals surface area contributed by atoms with Crippen molar-refractivity contribution >= 4 is 51.8 Å². The summed E-state index contributed by atoms with van der Waals surface area (Å²) >= 11 is 4.74. The summed E-state index contributed by atoms with van der Waals surface area (Å²) in [5.41, 5.74) is 5.16. The fourth-order valence-corrected chi connectivity index (χ4v) is 1.04. The molecule has 1 aliphatic rings. The first kappa shape index (κ1) is 25.9. The fourth-order valence-electron chi connectivity index (χ4n) is 1.04. The molecule has 1 aliphatic heterocycles. The molecule has 4 nitrogen and oxygen atoms in total.